The first-order valence-corrected chi connectivity index (χ1v) is 6.65. The largest absolute Gasteiger partial charge is 0.338 e. The molecule has 2 rings (SSSR count). The van der Waals surface area contributed by atoms with Crippen molar-refractivity contribution in [3.8, 4) is 0 Å². The van der Waals surface area contributed by atoms with E-state index >= 15 is 0 Å². The number of likely N-dealkylation sites (tertiary alicyclic amines) is 1. The maximum Gasteiger partial charge on any atom is 0.317 e. The van der Waals surface area contributed by atoms with Crippen molar-refractivity contribution in [3.05, 3.63) is 18.0 Å². The van der Waals surface area contributed by atoms with Crippen molar-refractivity contribution in [2.75, 3.05) is 19.6 Å². The predicted molar refractivity (Wildman–Crippen MR) is 70.3 cm³/mol. The average Bonchev–Trinajstić information content (AvgIpc) is 2.76. The van der Waals surface area contributed by atoms with E-state index in [4.69, 9.17) is 0 Å². The molecular weight excluding hydrogens is 228 g/mol. The van der Waals surface area contributed by atoms with Gasteiger partial charge < -0.3 is 10.2 Å². The summed E-state index contributed by atoms with van der Waals surface area (Å²) in [6, 6.07) is 0.0748. The molecule has 100 valence electrons. The molecule has 0 atom stereocenters. The van der Waals surface area contributed by atoms with Crippen molar-refractivity contribution in [2.45, 2.75) is 26.2 Å². The molecule has 0 aromatic carbocycles. The minimum absolute atomic E-state index is 0.0748. The third kappa shape index (κ3) is 3.48. The molecule has 0 aliphatic carbocycles. The van der Waals surface area contributed by atoms with Crippen molar-refractivity contribution in [1.29, 1.82) is 0 Å². The van der Waals surface area contributed by atoms with Crippen LogP contribution >= 0.6 is 0 Å². The van der Waals surface area contributed by atoms with Gasteiger partial charge in [-0.1, -0.05) is 6.92 Å². The standard InChI is InChI=1S/C13H22N4O/c1-11-4-7-17(8-5-11)13(18)14-6-3-12-9-15-16(2)10-12/h9-11H,3-8H2,1-2H3,(H,14,18). The zero-order chi connectivity index (χ0) is 13.0. The average molecular weight is 250 g/mol. The predicted octanol–water partition coefficient (Wildman–Crippen LogP) is 1.40. The number of aryl methyl sites for hydroxylation is 1. The van der Waals surface area contributed by atoms with Crippen LogP contribution in [0.3, 0.4) is 0 Å². The van der Waals surface area contributed by atoms with E-state index in [1.165, 1.54) is 0 Å². The van der Waals surface area contributed by atoms with Gasteiger partial charge in [0.25, 0.3) is 0 Å². The van der Waals surface area contributed by atoms with Gasteiger partial charge in [-0.2, -0.15) is 5.10 Å². The number of rotatable bonds is 3. The zero-order valence-electron chi connectivity index (χ0n) is 11.2. The fourth-order valence-electron chi connectivity index (χ4n) is 2.24. The molecule has 1 aliphatic rings. The molecule has 2 heterocycles. The molecule has 1 fully saturated rings. The maximum absolute atomic E-state index is 11.9. The molecule has 18 heavy (non-hydrogen) atoms. The number of carbonyl (C=O) groups excluding carboxylic acids is 1. The van der Waals surface area contributed by atoms with Crippen LogP contribution in [0, 0.1) is 5.92 Å². The molecule has 0 radical (unpaired) electrons. The minimum atomic E-state index is 0.0748. The van der Waals surface area contributed by atoms with E-state index in [1.54, 1.807) is 4.68 Å². The van der Waals surface area contributed by atoms with Crippen molar-refractivity contribution >= 4 is 6.03 Å². The van der Waals surface area contributed by atoms with Crippen molar-refractivity contribution in [2.24, 2.45) is 13.0 Å². The Morgan fingerprint density at radius 2 is 2.22 bits per heavy atom. The highest BCUT2D eigenvalue weighted by atomic mass is 16.2. The van der Waals surface area contributed by atoms with Gasteiger partial charge in [0, 0.05) is 32.9 Å². The summed E-state index contributed by atoms with van der Waals surface area (Å²) in [5.41, 5.74) is 1.16. The second kappa shape index (κ2) is 5.89. The Morgan fingerprint density at radius 3 is 2.83 bits per heavy atom. The Hall–Kier alpha value is -1.52. The molecule has 0 spiro atoms. The Morgan fingerprint density at radius 1 is 1.50 bits per heavy atom. The quantitative estimate of drug-likeness (QED) is 0.881. The Labute approximate surface area is 108 Å². The lowest BCUT2D eigenvalue weighted by atomic mass is 10.00. The second-order valence-electron chi connectivity index (χ2n) is 5.17. The number of piperidine rings is 1. The highest BCUT2D eigenvalue weighted by Crippen LogP contribution is 2.15. The molecule has 0 bridgehead atoms. The Kier molecular flexibility index (Phi) is 4.23. The van der Waals surface area contributed by atoms with Crippen LogP contribution in [-0.4, -0.2) is 40.3 Å². The summed E-state index contributed by atoms with van der Waals surface area (Å²) >= 11 is 0. The van der Waals surface area contributed by atoms with Crippen LogP contribution in [-0.2, 0) is 13.5 Å². The van der Waals surface area contributed by atoms with E-state index in [1.807, 2.05) is 24.3 Å². The summed E-state index contributed by atoms with van der Waals surface area (Å²) in [4.78, 5) is 13.8. The monoisotopic (exact) mass is 250 g/mol. The minimum Gasteiger partial charge on any atom is -0.338 e. The normalized spacial score (nSPS) is 16.9. The van der Waals surface area contributed by atoms with Crippen LogP contribution in [0.25, 0.3) is 0 Å². The molecule has 5 nitrogen and oxygen atoms in total. The number of hydrogen-bond donors (Lipinski definition) is 1. The first kappa shape index (κ1) is 12.9. The smallest absolute Gasteiger partial charge is 0.317 e. The van der Waals surface area contributed by atoms with Crippen LogP contribution in [0.4, 0.5) is 4.79 Å². The number of nitrogens with one attached hydrogen (secondary N) is 1. The summed E-state index contributed by atoms with van der Waals surface area (Å²) in [7, 11) is 1.90. The Balaban J connectivity index is 1.68. The van der Waals surface area contributed by atoms with Crippen molar-refractivity contribution in [1.82, 2.24) is 20.0 Å². The molecule has 2 amide bonds. The molecule has 1 saturated heterocycles. The molecule has 1 aliphatic heterocycles. The lowest BCUT2D eigenvalue weighted by Crippen LogP contribution is -2.44. The summed E-state index contributed by atoms with van der Waals surface area (Å²) in [5.74, 6) is 0.754. The first-order chi connectivity index (χ1) is 8.65. The fourth-order valence-corrected chi connectivity index (χ4v) is 2.24. The van der Waals surface area contributed by atoms with Crippen LogP contribution in [0.15, 0.2) is 12.4 Å². The van der Waals surface area contributed by atoms with Gasteiger partial charge in [-0.05, 0) is 30.7 Å². The van der Waals surface area contributed by atoms with E-state index in [2.05, 4.69) is 17.3 Å². The SMILES string of the molecule is CC1CCN(C(=O)NCCc2cnn(C)c2)CC1. The Bertz CT molecular complexity index is 393. The van der Waals surface area contributed by atoms with Gasteiger partial charge in [-0.15, -0.1) is 0 Å². The molecule has 0 unspecified atom stereocenters. The number of nitrogens with zero attached hydrogens (tertiary/aromatic N) is 3. The summed E-state index contributed by atoms with van der Waals surface area (Å²) in [6.45, 7) is 4.70. The van der Waals surface area contributed by atoms with Gasteiger partial charge in [0.2, 0.25) is 0 Å². The third-order valence-corrected chi connectivity index (χ3v) is 3.52. The highest BCUT2D eigenvalue weighted by molar-refractivity contribution is 5.74. The second-order valence-corrected chi connectivity index (χ2v) is 5.17. The van der Waals surface area contributed by atoms with Crippen molar-refractivity contribution in [3.63, 3.8) is 0 Å². The number of urea groups is 1. The lowest BCUT2D eigenvalue weighted by Gasteiger charge is -2.30. The van der Waals surface area contributed by atoms with E-state index in [0.29, 0.717) is 6.54 Å². The van der Waals surface area contributed by atoms with E-state index in [9.17, 15) is 4.79 Å². The van der Waals surface area contributed by atoms with Crippen LogP contribution in [0.1, 0.15) is 25.3 Å². The topological polar surface area (TPSA) is 50.2 Å². The van der Waals surface area contributed by atoms with E-state index in [0.717, 1.165) is 43.8 Å². The van der Waals surface area contributed by atoms with Gasteiger partial charge in [0.05, 0.1) is 6.20 Å². The number of aromatic nitrogens is 2. The molecule has 0 saturated carbocycles. The van der Waals surface area contributed by atoms with Gasteiger partial charge in [0.15, 0.2) is 0 Å². The number of hydrogen-bond acceptors (Lipinski definition) is 2. The molecule has 1 N–H and O–H groups in total. The van der Waals surface area contributed by atoms with Gasteiger partial charge >= 0.3 is 6.03 Å². The van der Waals surface area contributed by atoms with Gasteiger partial charge in [-0.3, -0.25) is 4.68 Å². The number of carbonyl (C=O) groups is 1. The van der Waals surface area contributed by atoms with E-state index < -0.39 is 0 Å². The first-order valence-electron chi connectivity index (χ1n) is 6.65. The van der Waals surface area contributed by atoms with Crippen LogP contribution < -0.4 is 5.32 Å². The highest BCUT2D eigenvalue weighted by Gasteiger charge is 2.19. The maximum atomic E-state index is 11.9. The van der Waals surface area contributed by atoms with E-state index in [-0.39, 0.29) is 6.03 Å². The molecule has 1 aromatic heterocycles. The summed E-state index contributed by atoms with van der Waals surface area (Å²) < 4.78 is 1.78. The number of amides is 2. The summed E-state index contributed by atoms with van der Waals surface area (Å²) in [6.07, 6.45) is 6.90. The van der Waals surface area contributed by atoms with Crippen LogP contribution in [0.5, 0.6) is 0 Å². The molecular formula is C13H22N4O. The van der Waals surface area contributed by atoms with Crippen molar-refractivity contribution < 1.29 is 4.79 Å². The molecule has 1 aromatic rings. The zero-order valence-corrected chi connectivity index (χ0v) is 11.2. The fraction of sp³-hybridized carbons (Fsp3) is 0.692. The van der Waals surface area contributed by atoms with Gasteiger partial charge in [-0.25, -0.2) is 4.79 Å². The van der Waals surface area contributed by atoms with Crippen LogP contribution in [0.2, 0.25) is 0 Å². The van der Waals surface area contributed by atoms with Gasteiger partial charge in [0.1, 0.15) is 0 Å². The molecule has 5 heteroatoms. The third-order valence-electron chi connectivity index (χ3n) is 3.52. The summed E-state index contributed by atoms with van der Waals surface area (Å²) in [5, 5.41) is 7.08. The lowest BCUT2D eigenvalue weighted by molar-refractivity contribution is 0.174.